The van der Waals surface area contributed by atoms with E-state index < -0.39 is 0 Å². The van der Waals surface area contributed by atoms with E-state index in [0.717, 1.165) is 21.8 Å². The maximum atomic E-state index is 3.91. The lowest BCUT2D eigenvalue weighted by atomic mass is 10.1. The van der Waals surface area contributed by atoms with Gasteiger partial charge in [-0.3, -0.25) is 5.10 Å². The molecule has 0 aliphatic rings. The van der Waals surface area contributed by atoms with Crippen molar-refractivity contribution >= 4 is 21.8 Å². The number of benzene rings is 2. The summed E-state index contributed by atoms with van der Waals surface area (Å²) >= 11 is 0. The van der Waals surface area contributed by atoms with Gasteiger partial charge in [-0.25, -0.2) is 0 Å². The highest BCUT2D eigenvalue weighted by molar-refractivity contribution is 6.03. The Morgan fingerprint density at radius 1 is 1.23 bits per heavy atom. The van der Waals surface area contributed by atoms with E-state index in [9.17, 15) is 0 Å². The Labute approximate surface area is 74.4 Å². The molecule has 0 fully saturated rings. The molecule has 3 aromatic rings. The fourth-order valence-electron chi connectivity index (χ4n) is 1.51. The van der Waals surface area contributed by atoms with Crippen LogP contribution in [0.1, 0.15) is 0 Å². The van der Waals surface area contributed by atoms with E-state index in [1.807, 2.05) is 30.3 Å². The number of H-pyrrole nitrogens is 1. The fraction of sp³-hybridized carbons (Fsp3) is 0. The Balaban J connectivity index is 2.65. The highest BCUT2D eigenvalue weighted by atomic mass is 15.3. The summed E-state index contributed by atoms with van der Waals surface area (Å²) in [6, 6.07) is 13.1. The number of rotatable bonds is 0. The average Bonchev–Trinajstić information content (AvgIpc) is 2.65. The smallest absolute Gasteiger partial charge is 0.121 e. The summed E-state index contributed by atoms with van der Waals surface area (Å²) in [6.45, 7) is 0. The van der Waals surface area contributed by atoms with Crippen LogP contribution in [-0.2, 0) is 0 Å². The van der Waals surface area contributed by atoms with Gasteiger partial charge in [-0.05, 0) is 11.5 Å². The van der Waals surface area contributed by atoms with Crippen LogP contribution < -0.4 is 0 Å². The Hall–Kier alpha value is -1.90. The maximum absolute atomic E-state index is 3.91. The predicted octanol–water partition coefficient (Wildman–Crippen LogP) is 1.91. The Morgan fingerprint density at radius 2 is 2.15 bits per heavy atom. The van der Waals surface area contributed by atoms with Gasteiger partial charge in [0.05, 0.1) is 5.52 Å². The molecule has 2 aromatic carbocycles. The van der Waals surface area contributed by atoms with Crippen molar-refractivity contribution in [2.75, 3.05) is 0 Å². The second kappa shape index (κ2) is 2.29. The topological polar surface area (TPSA) is 41.6 Å². The van der Waals surface area contributed by atoms with Crippen LogP contribution in [0.15, 0.2) is 30.3 Å². The molecule has 13 heavy (non-hydrogen) atoms. The molecule has 0 saturated heterocycles. The fourth-order valence-corrected chi connectivity index (χ4v) is 1.51. The van der Waals surface area contributed by atoms with Crippen molar-refractivity contribution < 1.29 is 0 Å². The number of nitrogens with one attached hydrogen (secondary N) is 1. The lowest BCUT2D eigenvalue weighted by molar-refractivity contribution is 0.960. The van der Waals surface area contributed by atoms with Gasteiger partial charge in [-0.1, -0.05) is 29.5 Å². The van der Waals surface area contributed by atoms with E-state index in [1.165, 1.54) is 0 Å². The van der Waals surface area contributed by atoms with Crippen LogP contribution in [-0.4, -0.2) is 15.4 Å². The van der Waals surface area contributed by atoms with Crippen molar-refractivity contribution in [3.63, 3.8) is 0 Å². The first-order chi connectivity index (χ1) is 6.45. The highest BCUT2D eigenvalue weighted by Crippen LogP contribution is 2.20. The number of hydrogen-bond donors (Lipinski definition) is 1. The molecular weight excluding hydrogens is 162 g/mol. The Bertz CT molecular complexity index is 568. The van der Waals surface area contributed by atoms with Crippen molar-refractivity contribution in [1.82, 2.24) is 15.4 Å². The standard InChI is InChI=1S/C10H6N3/c1-2-4-8-7(3-1)5-6-9-10(8)12-13-11-9/h1-5H,(H,11,12,13). The number of nitrogens with zero attached hydrogens (tertiary/aromatic N) is 2. The largest absolute Gasteiger partial charge is 0.257 e. The normalized spacial score (nSPS) is 11.1. The first kappa shape index (κ1) is 6.60. The molecule has 3 nitrogen and oxygen atoms in total. The van der Waals surface area contributed by atoms with Gasteiger partial charge >= 0.3 is 0 Å². The molecule has 3 heteroatoms. The second-order valence-electron chi connectivity index (χ2n) is 2.91. The SMILES string of the molecule is [c]1cc2ccccc2c2[nH]nnc12. The molecule has 0 bridgehead atoms. The highest BCUT2D eigenvalue weighted by Gasteiger charge is 2.01. The summed E-state index contributed by atoms with van der Waals surface area (Å²) in [5.41, 5.74) is 1.75. The molecule has 61 valence electrons. The minimum absolute atomic E-state index is 0.790. The first-order valence-electron chi connectivity index (χ1n) is 4.05. The van der Waals surface area contributed by atoms with Crippen LogP contribution in [0.2, 0.25) is 0 Å². The summed E-state index contributed by atoms with van der Waals surface area (Å²) < 4.78 is 0. The van der Waals surface area contributed by atoms with Gasteiger partial charge in [0.2, 0.25) is 0 Å². The minimum Gasteiger partial charge on any atom is -0.257 e. The third-order valence-corrected chi connectivity index (χ3v) is 2.14. The van der Waals surface area contributed by atoms with Gasteiger partial charge in [0, 0.05) is 11.5 Å². The number of fused-ring (bicyclic) bond motifs is 3. The minimum atomic E-state index is 0.790. The molecule has 1 N–H and O–H groups in total. The summed E-state index contributed by atoms with van der Waals surface area (Å²) in [4.78, 5) is 0. The lowest BCUT2D eigenvalue weighted by Crippen LogP contribution is -1.75. The van der Waals surface area contributed by atoms with Crippen LogP contribution in [0.4, 0.5) is 0 Å². The second-order valence-corrected chi connectivity index (χ2v) is 2.91. The van der Waals surface area contributed by atoms with E-state index in [0.29, 0.717) is 0 Å². The third kappa shape index (κ3) is 0.839. The van der Waals surface area contributed by atoms with Crippen molar-refractivity contribution in [3.05, 3.63) is 36.4 Å². The first-order valence-corrected chi connectivity index (χ1v) is 4.05. The molecule has 0 aliphatic heterocycles. The van der Waals surface area contributed by atoms with Crippen molar-refractivity contribution in [2.45, 2.75) is 0 Å². The molecule has 0 unspecified atom stereocenters. The summed E-state index contributed by atoms with van der Waals surface area (Å²) in [7, 11) is 0. The number of aromatic nitrogens is 3. The van der Waals surface area contributed by atoms with Crippen molar-refractivity contribution in [3.8, 4) is 0 Å². The third-order valence-electron chi connectivity index (χ3n) is 2.14. The van der Waals surface area contributed by atoms with Gasteiger partial charge in [-0.2, -0.15) is 0 Å². The Kier molecular flexibility index (Phi) is 1.16. The van der Waals surface area contributed by atoms with Crippen LogP contribution in [0, 0.1) is 6.07 Å². The van der Waals surface area contributed by atoms with E-state index in [1.54, 1.807) is 0 Å². The zero-order valence-electron chi connectivity index (χ0n) is 6.78. The van der Waals surface area contributed by atoms with Gasteiger partial charge in [-0.15, -0.1) is 5.10 Å². The number of aromatic amines is 1. The molecule has 0 aliphatic carbocycles. The van der Waals surface area contributed by atoms with E-state index in [-0.39, 0.29) is 0 Å². The summed E-state index contributed by atoms with van der Waals surface area (Å²) in [6.07, 6.45) is 0. The van der Waals surface area contributed by atoms with Crippen molar-refractivity contribution in [2.24, 2.45) is 0 Å². The summed E-state index contributed by atoms with van der Waals surface area (Å²) in [5.74, 6) is 0. The van der Waals surface area contributed by atoms with Gasteiger partial charge in [0.1, 0.15) is 5.52 Å². The lowest BCUT2D eigenvalue weighted by Gasteiger charge is -1.95. The molecule has 0 amide bonds. The molecule has 1 heterocycles. The molecular formula is C10H6N3. The maximum Gasteiger partial charge on any atom is 0.121 e. The zero-order chi connectivity index (χ0) is 8.67. The van der Waals surface area contributed by atoms with Crippen LogP contribution in [0.25, 0.3) is 21.8 Å². The molecule has 0 atom stereocenters. The Morgan fingerprint density at radius 3 is 3.15 bits per heavy atom. The van der Waals surface area contributed by atoms with Gasteiger partial charge in [0.25, 0.3) is 0 Å². The number of hydrogen-bond acceptors (Lipinski definition) is 2. The zero-order valence-corrected chi connectivity index (χ0v) is 6.78. The van der Waals surface area contributed by atoms with Gasteiger partial charge < -0.3 is 0 Å². The molecule has 0 spiro atoms. The quantitative estimate of drug-likeness (QED) is 0.557. The van der Waals surface area contributed by atoms with Crippen molar-refractivity contribution in [1.29, 1.82) is 0 Å². The van der Waals surface area contributed by atoms with Crippen LogP contribution in [0.3, 0.4) is 0 Å². The molecule has 1 radical (unpaired) electrons. The van der Waals surface area contributed by atoms with E-state index in [4.69, 9.17) is 0 Å². The van der Waals surface area contributed by atoms with Crippen LogP contribution >= 0.6 is 0 Å². The molecule has 1 aromatic heterocycles. The van der Waals surface area contributed by atoms with Gasteiger partial charge in [0.15, 0.2) is 0 Å². The average molecular weight is 168 g/mol. The molecule has 3 rings (SSSR count). The monoisotopic (exact) mass is 168 g/mol. The molecule has 0 saturated carbocycles. The summed E-state index contributed by atoms with van der Waals surface area (Å²) in [5, 5.41) is 12.8. The van der Waals surface area contributed by atoms with E-state index in [2.05, 4.69) is 21.5 Å². The van der Waals surface area contributed by atoms with E-state index >= 15 is 0 Å². The van der Waals surface area contributed by atoms with Crippen LogP contribution in [0.5, 0.6) is 0 Å². The predicted molar refractivity (Wildman–Crippen MR) is 50.2 cm³/mol.